The number of aliphatic imine (C=N–C) groups is 1. The smallest absolute Gasteiger partial charge is 0.161 e. The molecule has 2 aliphatic heterocycles. The molecular weight excluding hydrogens is 480 g/mol. The van der Waals surface area contributed by atoms with Crippen LogP contribution in [0.5, 0.6) is 0 Å². The number of hydrogen-bond acceptors (Lipinski definition) is 4. The van der Waals surface area contributed by atoms with Gasteiger partial charge >= 0.3 is 0 Å². The summed E-state index contributed by atoms with van der Waals surface area (Å²) in [6.07, 6.45) is 3.58. The molecule has 5 heteroatoms. The van der Waals surface area contributed by atoms with E-state index in [0.717, 1.165) is 43.9 Å². The van der Waals surface area contributed by atoms with E-state index in [1.165, 1.54) is 27.8 Å². The Kier molecular flexibility index (Phi) is 7.71. The first-order chi connectivity index (χ1) is 15.3. The van der Waals surface area contributed by atoms with Crippen LogP contribution in [-0.4, -0.2) is 39.7 Å². The molecule has 2 atom stereocenters. The summed E-state index contributed by atoms with van der Waals surface area (Å²) < 4.78 is 0. The van der Waals surface area contributed by atoms with Gasteiger partial charge in [0, 0.05) is 13.1 Å². The van der Waals surface area contributed by atoms with Crippen molar-refractivity contribution < 1.29 is 5.11 Å². The van der Waals surface area contributed by atoms with E-state index in [4.69, 9.17) is 0 Å². The average Bonchev–Trinajstić information content (AvgIpc) is 2.96. The van der Waals surface area contributed by atoms with Gasteiger partial charge in [-0.05, 0) is 53.5 Å². The van der Waals surface area contributed by atoms with Crippen LogP contribution in [0.3, 0.4) is 0 Å². The van der Waals surface area contributed by atoms with Gasteiger partial charge in [0.2, 0.25) is 0 Å². The fourth-order valence-corrected chi connectivity index (χ4v) is 5.72. The van der Waals surface area contributed by atoms with E-state index < -0.39 is 6.23 Å². The molecule has 2 heterocycles. The van der Waals surface area contributed by atoms with Crippen LogP contribution in [0, 0.1) is 0 Å². The second-order valence-electron chi connectivity index (χ2n) is 8.40. The number of fused-ring (bicyclic) bond motifs is 1. The summed E-state index contributed by atoms with van der Waals surface area (Å²) in [6, 6.07) is 28.2. The molecule has 166 valence electrons. The highest BCUT2D eigenvalue weighted by atomic mass is 79.9. The van der Waals surface area contributed by atoms with Crippen LogP contribution in [0.4, 0.5) is 0 Å². The molecule has 3 aromatic carbocycles. The Balaban J connectivity index is 0.00000245. The summed E-state index contributed by atoms with van der Waals surface area (Å²) >= 11 is 1.74. The predicted molar refractivity (Wildman–Crippen MR) is 141 cm³/mol. The zero-order valence-corrected chi connectivity index (χ0v) is 20.6. The van der Waals surface area contributed by atoms with Crippen molar-refractivity contribution >= 4 is 33.9 Å². The van der Waals surface area contributed by atoms with E-state index >= 15 is 0 Å². The van der Waals surface area contributed by atoms with Gasteiger partial charge in [-0.25, -0.2) is 0 Å². The molecule has 2 unspecified atom stereocenters. The Labute approximate surface area is 205 Å². The first kappa shape index (κ1) is 23.1. The fraction of sp³-hybridized carbons (Fsp3) is 0.296. The Bertz CT molecular complexity index is 1050. The van der Waals surface area contributed by atoms with Gasteiger partial charge in [0.1, 0.15) is 6.23 Å². The summed E-state index contributed by atoms with van der Waals surface area (Å²) in [5.74, 6) is 0. The highest BCUT2D eigenvalue weighted by molar-refractivity contribution is 8.93. The van der Waals surface area contributed by atoms with E-state index in [9.17, 15) is 5.11 Å². The SMILES string of the molecule is Br.OC1C(Cc2cccc(-c3ccc(Cc4ccccc4)cc3)c2)SC2=NCCCCN21. The van der Waals surface area contributed by atoms with Crippen LogP contribution in [0.25, 0.3) is 11.1 Å². The molecule has 0 radical (unpaired) electrons. The Hall–Kier alpha value is -2.08. The van der Waals surface area contributed by atoms with Crippen molar-refractivity contribution in [1.29, 1.82) is 0 Å². The number of aliphatic hydroxyl groups excluding tert-OH is 1. The molecule has 3 aromatic rings. The predicted octanol–water partition coefficient (Wildman–Crippen LogP) is 5.95. The zero-order chi connectivity index (χ0) is 21.0. The number of nitrogens with zero attached hydrogens (tertiary/aromatic N) is 2. The van der Waals surface area contributed by atoms with Gasteiger partial charge in [0.15, 0.2) is 5.17 Å². The van der Waals surface area contributed by atoms with E-state index in [2.05, 4.69) is 88.8 Å². The lowest BCUT2D eigenvalue weighted by molar-refractivity contribution is 0.0603. The molecule has 0 aliphatic carbocycles. The maximum atomic E-state index is 10.8. The quantitative estimate of drug-likeness (QED) is 0.462. The molecule has 0 bridgehead atoms. The first-order valence-electron chi connectivity index (χ1n) is 11.1. The lowest BCUT2D eigenvalue weighted by atomic mass is 9.98. The second-order valence-corrected chi connectivity index (χ2v) is 9.60. The van der Waals surface area contributed by atoms with Gasteiger partial charge in [0.05, 0.1) is 5.25 Å². The minimum absolute atomic E-state index is 0. The number of hydrogen-bond donors (Lipinski definition) is 1. The van der Waals surface area contributed by atoms with Crippen LogP contribution in [0.2, 0.25) is 0 Å². The molecule has 0 spiro atoms. The monoisotopic (exact) mass is 508 g/mol. The van der Waals surface area contributed by atoms with Crippen LogP contribution in [-0.2, 0) is 12.8 Å². The third-order valence-electron chi connectivity index (χ3n) is 6.11. The maximum absolute atomic E-state index is 10.8. The molecule has 32 heavy (non-hydrogen) atoms. The van der Waals surface area contributed by atoms with E-state index in [-0.39, 0.29) is 22.2 Å². The maximum Gasteiger partial charge on any atom is 0.161 e. The molecule has 0 aromatic heterocycles. The van der Waals surface area contributed by atoms with Crippen molar-refractivity contribution in [1.82, 2.24) is 4.90 Å². The lowest BCUT2D eigenvalue weighted by Gasteiger charge is -2.22. The third-order valence-corrected chi connectivity index (χ3v) is 7.40. The normalized spacial score (nSPS) is 20.2. The van der Waals surface area contributed by atoms with E-state index in [0.29, 0.717) is 0 Å². The second kappa shape index (κ2) is 10.7. The van der Waals surface area contributed by atoms with E-state index in [1.807, 2.05) is 0 Å². The number of benzene rings is 3. The molecular formula is C27H29BrN2OS. The number of rotatable bonds is 5. The summed E-state index contributed by atoms with van der Waals surface area (Å²) in [5, 5.41) is 12.0. The van der Waals surface area contributed by atoms with Crippen molar-refractivity contribution in [3.63, 3.8) is 0 Å². The van der Waals surface area contributed by atoms with Gasteiger partial charge in [-0.3, -0.25) is 4.99 Å². The van der Waals surface area contributed by atoms with Crippen molar-refractivity contribution in [3.05, 3.63) is 95.6 Å². The minimum Gasteiger partial charge on any atom is -0.372 e. The Morgan fingerprint density at radius 2 is 1.59 bits per heavy atom. The number of thioether (sulfide) groups is 1. The van der Waals surface area contributed by atoms with Crippen molar-refractivity contribution in [2.24, 2.45) is 4.99 Å². The zero-order valence-electron chi connectivity index (χ0n) is 18.1. The van der Waals surface area contributed by atoms with Crippen LogP contribution >= 0.6 is 28.7 Å². The first-order valence-corrected chi connectivity index (χ1v) is 12.0. The third kappa shape index (κ3) is 5.28. The molecule has 2 aliphatic rings. The Morgan fingerprint density at radius 1 is 0.844 bits per heavy atom. The summed E-state index contributed by atoms with van der Waals surface area (Å²) in [5.41, 5.74) is 6.39. The van der Waals surface area contributed by atoms with Gasteiger partial charge in [-0.1, -0.05) is 90.6 Å². The highest BCUT2D eigenvalue weighted by Gasteiger charge is 2.38. The molecule has 1 N–H and O–H groups in total. The molecule has 3 nitrogen and oxygen atoms in total. The molecule has 1 fully saturated rings. The minimum atomic E-state index is -0.442. The number of aliphatic hydroxyl groups is 1. The van der Waals surface area contributed by atoms with Crippen LogP contribution in [0.15, 0.2) is 83.9 Å². The van der Waals surface area contributed by atoms with Gasteiger partial charge in [0.25, 0.3) is 0 Å². The summed E-state index contributed by atoms with van der Waals surface area (Å²) in [7, 11) is 0. The van der Waals surface area contributed by atoms with Gasteiger partial charge in [-0.15, -0.1) is 17.0 Å². The summed E-state index contributed by atoms with van der Waals surface area (Å²) in [4.78, 5) is 6.77. The van der Waals surface area contributed by atoms with Crippen LogP contribution < -0.4 is 0 Å². The largest absolute Gasteiger partial charge is 0.372 e. The molecule has 5 rings (SSSR count). The highest BCUT2D eigenvalue weighted by Crippen LogP contribution is 2.34. The van der Waals surface area contributed by atoms with Gasteiger partial charge < -0.3 is 10.0 Å². The molecule has 0 saturated carbocycles. The lowest BCUT2D eigenvalue weighted by Crippen LogP contribution is -2.37. The average molecular weight is 510 g/mol. The van der Waals surface area contributed by atoms with Crippen molar-refractivity contribution in [3.8, 4) is 11.1 Å². The number of halogens is 1. The standard InChI is InChI=1S/C27H28N2OS.BrH/c30-26-25(31-27-28-15-4-5-16-29(26)27)19-22-9-6-10-24(18-22)23-13-11-21(12-14-23)17-20-7-2-1-3-8-20;/h1-3,6-14,18,25-26,30H,4-5,15-17,19H2;1H. The van der Waals surface area contributed by atoms with Crippen molar-refractivity contribution in [2.45, 2.75) is 37.2 Å². The van der Waals surface area contributed by atoms with Crippen LogP contribution in [0.1, 0.15) is 29.5 Å². The molecule has 1 saturated heterocycles. The molecule has 0 amide bonds. The fourth-order valence-electron chi connectivity index (χ4n) is 4.41. The topological polar surface area (TPSA) is 35.8 Å². The van der Waals surface area contributed by atoms with E-state index in [1.54, 1.807) is 11.8 Å². The van der Waals surface area contributed by atoms with Gasteiger partial charge in [-0.2, -0.15) is 0 Å². The van der Waals surface area contributed by atoms with Crippen molar-refractivity contribution in [2.75, 3.05) is 13.1 Å². The number of amidine groups is 1. The summed E-state index contributed by atoms with van der Waals surface area (Å²) in [6.45, 7) is 1.80. The Morgan fingerprint density at radius 3 is 2.41 bits per heavy atom.